The van der Waals surface area contributed by atoms with Crippen LogP contribution in [0.15, 0.2) is 12.4 Å². The third-order valence-electron chi connectivity index (χ3n) is 3.07. The first-order valence-corrected chi connectivity index (χ1v) is 6.95. The Bertz CT molecular complexity index is 605. The Morgan fingerprint density at radius 3 is 3.00 bits per heavy atom. The fourth-order valence-corrected chi connectivity index (χ4v) is 3.08. The molecular weight excluding hydrogens is 264 g/mol. The number of ether oxygens (including phenoxy) is 1. The smallest absolute Gasteiger partial charge is 0.266 e. The van der Waals surface area contributed by atoms with Crippen LogP contribution in [0.25, 0.3) is 10.3 Å². The maximum Gasteiger partial charge on any atom is 0.266 e. The van der Waals surface area contributed by atoms with Crippen molar-refractivity contribution in [1.82, 2.24) is 14.9 Å². The molecule has 0 spiro atoms. The van der Waals surface area contributed by atoms with Gasteiger partial charge in [0, 0.05) is 32.1 Å². The molecule has 100 valence electrons. The summed E-state index contributed by atoms with van der Waals surface area (Å²) in [6.45, 7) is 2.59. The Balaban J connectivity index is 1.94. The van der Waals surface area contributed by atoms with E-state index in [-0.39, 0.29) is 5.91 Å². The molecular formula is C12H14N4O2S. The number of thiophene rings is 1. The van der Waals surface area contributed by atoms with E-state index in [1.165, 1.54) is 11.3 Å². The molecule has 1 aliphatic heterocycles. The van der Waals surface area contributed by atoms with Gasteiger partial charge in [0.25, 0.3) is 5.91 Å². The van der Waals surface area contributed by atoms with E-state index in [1.54, 1.807) is 17.3 Å². The van der Waals surface area contributed by atoms with Crippen LogP contribution < -0.4 is 5.73 Å². The molecule has 7 heteroatoms. The van der Waals surface area contributed by atoms with Gasteiger partial charge in [-0.25, -0.2) is 9.97 Å². The maximum atomic E-state index is 12.5. The first-order valence-electron chi connectivity index (χ1n) is 6.13. The number of carbonyl (C=O) groups excluding carboxylic acids is 1. The van der Waals surface area contributed by atoms with Gasteiger partial charge in [0.15, 0.2) is 0 Å². The minimum Gasteiger partial charge on any atom is -0.396 e. The molecule has 1 fully saturated rings. The summed E-state index contributed by atoms with van der Waals surface area (Å²) >= 11 is 1.30. The topological polar surface area (TPSA) is 81.3 Å². The fourth-order valence-electron chi connectivity index (χ4n) is 2.10. The van der Waals surface area contributed by atoms with E-state index in [0.717, 1.165) is 6.42 Å². The van der Waals surface area contributed by atoms with E-state index in [9.17, 15) is 4.79 Å². The molecule has 2 N–H and O–H groups in total. The van der Waals surface area contributed by atoms with Gasteiger partial charge in [0.1, 0.15) is 15.2 Å². The number of aromatic nitrogens is 2. The number of hydrogen-bond acceptors (Lipinski definition) is 6. The summed E-state index contributed by atoms with van der Waals surface area (Å²) in [4.78, 5) is 23.9. The molecule has 0 saturated carbocycles. The van der Waals surface area contributed by atoms with E-state index >= 15 is 0 Å². The van der Waals surface area contributed by atoms with Crippen LogP contribution in [0.2, 0.25) is 0 Å². The van der Waals surface area contributed by atoms with Crippen molar-refractivity contribution in [3.8, 4) is 0 Å². The summed E-state index contributed by atoms with van der Waals surface area (Å²) < 4.78 is 5.35. The summed E-state index contributed by atoms with van der Waals surface area (Å²) in [5, 5.41) is 0. The van der Waals surface area contributed by atoms with Crippen molar-refractivity contribution in [1.29, 1.82) is 0 Å². The van der Waals surface area contributed by atoms with Crippen LogP contribution in [0, 0.1) is 0 Å². The van der Waals surface area contributed by atoms with Crippen molar-refractivity contribution in [2.24, 2.45) is 0 Å². The first kappa shape index (κ1) is 12.3. The van der Waals surface area contributed by atoms with Gasteiger partial charge in [-0.2, -0.15) is 0 Å². The van der Waals surface area contributed by atoms with Crippen LogP contribution >= 0.6 is 11.3 Å². The SMILES string of the molecule is Nc1c(C(=O)N2CCCOCC2)sc2nccnc12. The average Bonchev–Trinajstić information content (AvgIpc) is 2.64. The number of nitrogens with two attached hydrogens (primary N) is 1. The summed E-state index contributed by atoms with van der Waals surface area (Å²) in [5.74, 6) is -0.0483. The molecule has 0 aromatic carbocycles. The van der Waals surface area contributed by atoms with E-state index < -0.39 is 0 Å². The minimum absolute atomic E-state index is 0.0483. The lowest BCUT2D eigenvalue weighted by molar-refractivity contribution is 0.0747. The molecule has 3 heterocycles. The molecule has 1 saturated heterocycles. The lowest BCUT2D eigenvalue weighted by Crippen LogP contribution is -2.33. The molecule has 1 aliphatic rings. The number of fused-ring (bicyclic) bond motifs is 1. The van der Waals surface area contributed by atoms with E-state index in [4.69, 9.17) is 10.5 Å². The summed E-state index contributed by atoms with van der Waals surface area (Å²) in [7, 11) is 0. The largest absolute Gasteiger partial charge is 0.396 e. The zero-order valence-corrected chi connectivity index (χ0v) is 11.2. The number of carbonyl (C=O) groups is 1. The highest BCUT2D eigenvalue weighted by Crippen LogP contribution is 2.31. The molecule has 6 nitrogen and oxygen atoms in total. The second-order valence-corrected chi connectivity index (χ2v) is 5.31. The highest BCUT2D eigenvalue weighted by molar-refractivity contribution is 7.21. The number of amides is 1. The average molecular weight is 278 g/mol. The molecule has 3 rings (SSSR count). The molecule has 0 radical (unpaired) electrons. The molecule has 2 aromatic heterocycles. The lowest BCUT2D eigenvalue weighted by atomic mass is 10.3. The van der Waals surface area contributed by atoms with Crippen molar-refractivity contribution in [3.05, 3.63) is 17.3 Å². The van der Waals surface area contributed by atoms with Gasteiger partial charge in [0.2, 0.25) is 0 Å². The van der Waals surface area contributed by atoms with Crippen molar-refractivity contribution in [3.63, 3.8) is 0 Å². The fraction of sp³-hybridized carbons (Fsp3) is 0.417. The first-order chi connectivity index (χ1) is 9.27. The van der Waals surface area contributed by atoms with E-state index in [0.29, 0.717) is 47.2 Å². The van der Waals surface area contributed by atoms with Crippen LogP contribution in [0.5, 0.6) is 0 Å². The zero-order chi connectivity index (χ0) is 13.2. The number of hydrogen-bond donors (Lipinski definition) is 1. The Morgan fingerprint density at radius 1 is 1.32 bits per heavy atom. The van der Waals surface area contributed by atoms with Crippen LogP contribution in [0.4, 0.5) is 5.69 Å². The van der Waals surface area contributed by atoms with Gasteiger partial charge in [-0.1, -0.05) is 0 Å². The Kier molecular flexibility index (Phi) is 3.31. The third kappa shape index (κ3) is 2.26. The second-order valence-electron chi connectivity index (χ2n) is 4.31. The van der Waals surface area contributed by atoms with Crippen molar-refractivity contribution >= 4 is 33.3 Å². The highest BCUT2D eigenvalue weighted by atomic mass is 32.1. The molecule has 0 unspecified atom stereocenters. The van der Waals surface area contributed by atoms with Gasteiger partial charge in [-0.3, -0.25) is 4.79 Å². The number of nitrogens with zero attached hydrogens (tertiary/aromatic N) is 3. The quantitative estimate of drug-likeness (QED) is 0.846. The predicted molar refractivity (Wildman–Crippen MR) is 73.2 cm³/mol. The predicted octanol–water partition coefficient (Wildman–Crippen LogP) is 1.14. The Morgan fingerprint density at radius 2 is 2.16 bits per heavy atom. The van der Waals surface area contributed by atoms with E-state index in [2.05, 4.69) is 9.97 Å². The maximum absolute atomic E-state index is 12.5. The van der Waals surface area contributed by atoms with Gasteiger partial charge < -0.3 is 15.4 Å². The number of nitrogen functional groups attached to an aromatic ring is 1. The molecule has 19 heavy (non-hydrogen) atoms. The standard InChI is InChI=1S/C12H14N4O2S/c13-8-9-11(15-3-2-14-9)19-10(8)12(17)16-4-1-6-18-7-5-16/h2-3H,1,4-7,13H2. The number of anilines is 1. The lowest BCUT2D eigenvalue weighted by Gasteiger charge is -2.18. The molecule has 0 bridgehead atoms. The number of rotatable bonds is 1. The molecule has 1 amide bonds. The van der Waals surface area contributed by atoms with Crippen LogP contribution in [-0.2, 0) is 4.74 Å². The monoisotopic (exact) mass is 278 g/mol. The summed E-state index contributed by atoms with van der Waals surface area (Å²) in [6.07, 6.45) is 4.04. The van der Waals surface area contributed by atoms with Crippen molar-refractivity contribution in [2.45, 2.75) is 6.42 Å². The second kappa shape index (κ2) is 5.10. The van der Waals surface area contributed by atoms with Gasteiger partial charge in [0.05, 0.1) is 12.3 Å². The molecule has 0 aliphatic carbocycles. The van der Waals surface area contributed by atoms with Crippen molar-refractivity contribution in [2.75, 3.05) is 32.0 Å². The van der Waals surface area contributed by atoms with Crippen LogP contribution in [0.1, 0.15) is 16.1 Å². The van der Waals surface area contributed by atoms with Gasteiger partial charge in [-0.15, -0.1) is 11.3 Å². The van der Waals surface area contributed by atoms with Gasteiger partial charge in [-0.05, 0) is 6.42 Å². The summed E-state index contributed by atoms with van der Waals surface area (Å²) in [6, 6.07) is 0. The molecule has 2 aromatic rings. The van der Waals surface area contributed by atoms with Crippen LogP contribution in [0.3, 0.4) is 0 Å². The molecule has 0 atom stereocenters. The Labute approximate surface area is 114 Å². The minimum atomic E-state index is -0.0483. The Hall–Kier alpha value is -1.73. The van der Waals surface area contributed by atoms with Gasteiger partial charge >= 0.3 is 0 Å². The normalized spacial score (nSPS) is 16.5. The van der Waals surface area contributed by atoms with E-state index in [1.807, 2.05) is 0 Å². The zero-order valence-electron chi connectivity index (χ0n) is 10.3. The third-order valence-corrected chi connectivity index (χ3v) is 4.16. The van der Waals surface area contributed by atoms with Crippen molar-refractivity contribution < 1.29 is 9.53 Å². The highest BCUT2D eigenvalue weighted by Gasteiger charge is 2.23. The summed E-state index contributed by atoms with van der Waals surface area (Å²) in [5.41, 5.74) is 7.06. The van der Waals surface area contributed by atoms with Crippen LogP contribution in [-0.4, -0.2) is 47.1 Å².